The molecule has 34 heavy (non-hydrogen) atoms. The van der Waals surface area contributed by atoms with Crippen molar-refractivity contribution in [3.63, 3.8) is 0 Å². The number of anilines is 1. The Kier molecular flexibility index (Phi) is 6.00. The first-order valence-electron chi connectivity index (χ1n) is 12.7. The van der Waals surface area contributed by atoms with Crippen LogP contribution in [0.5, 0.6) is 0 Å². The summed E-state index contributed by atoms with van der Waals surface area (Å²) in [5, 5.41) is 6.21. The molecule has 1 spiro atoms. The quantitative estimate of drug-likeness (QED) is 0.632. The van der Waals surface area contributed by atoms with E-state index in [0.29, 0.717) is 12.2 Å². The Hall–Kier alpha value is -2.67. The third-order valence-electron chi connectivity index (χ3n) is 8.12. The van der Waals surface area contributed by atoms with Gasteiger partial charge in [-0.3, -0.25) is 14.4 Å². The van der Waals surface area contributed by atoms with Crippen LogP contribution in [0.2, 0.25) is 0 Å². The van der Waals surface area contributed by atoms with Crippen molar-refractivity contribution >= 4 is 23.4 Å². The van der Waals surface area contributed by atoms with Crippen molar-refractivity contribution in [2.75, 3.05) is 11.9 Å². The van der Waals surface area contributed by atoms with E-state index in [1.807, 2.05) is 51.1 Å². The van der Waals surface area contributed by atoms with Gasteiger partial charge in [-0.25, -0.2) is 0 Å². The van der Waals surface area contributed by atoms with Gasteiger partial charge in [0.25, 0.3) is 0 Å². The number of nitrogens with zero attached hydrogens (tertiary/aromatic N) is 1. The number of carbonyl (C=O) groups is 3. The maximum atomic E-state index is 13.7. The molecule has 2 bridgehead atoms. The average molecular weight is 466 g/mol. The third kappa shape index (κ3) is 3.65. The summed E-state index contributed by atoms with van der Waals surface area (Å²) in [6.45, 7) is 6.49. The highest BCUT2D eigenvalue weighted by molar-refractivity contribution is 6.02. The second-order valence-corrected chi connectivity index (χ2v) is 10.4. The Labute approximate surface area is 201 Å². The molecule has 0 aromatic heterocycles. The Balaban J connectivity index is 1.42. The fraction of sp³-hybridized carbons (Fsp3) is 0.593. The number of benzene rings is 1. The number of fused-ring (bicyclic) bond motifs is 1. The number of ether oxygens (including phenoxy) is 1. The number of hydrogen-bond donors (Lipinski definition) is 2. The van der Waals surface area contributed by atoms with Crippen molar-refractivity contribution in [2.45, 2.75) is 83.1 Å². The van der Waals surface area contributed by atoms with Crippen LogP contribution in [0.4, 0.5) is 5.69 Å². The van der Waals surface area contributed by atoms with Gasteiger partial charge in [0.2, 0.25) is 17.7 Å². The summed E-state index contributed by atoms with van der Waals surface area (Å²) in [7, 11) is 0. The van der Waals surface area contributed by atoms with E-state index in [0.717, 1.165) is 43.2 Å². The molecule has 2 saturated heterocycles. The molecule has 3 heterocycles. The van der Waals surface area contributed by atoms with Crippen LogP contribution in [0.15, 0.2) is 30.4 Å². The van der Waals surface area contributed by atoms with Crippen molar-refractivity contribution < 1.29 is 19.1 Å². The van der Waals surface area contributed by atoms with Gasteiger partial charge >= 0.3 is 0 Å². The Morgan fingerprint density at radius 2 is 1.88 bits per heavy atom. The monoisotopic (exact) mass is 465 g/mol. The number of aryl methyl sites for hydroxylation is 2. The van der Waals surface area contributed by atoms with Gasteiger partial charge in [0.05, 0.1) is 17.9 Å². The normalized spacial score (nSPS) is 32.2. The van der Waals surface area contributed by atoms with Gasteiger partial charge in [0.15, 0.2) is 0 Å². The van der Waals surface area contributed by atoms with Gasteiger partial charge in [-0.2, -0.15) is 0 Å². The van der Waals surface area contributed by atoms with Crippen molar-refractivity contribution in [3.8, 4) is 0 Å². The molecule has 1 saturated carbocycles. The van der Waals surface area contributed by atoms with E-state index in [4.69, 9.17) is 4.74 Å². The predicted molar refractivity (Wildman–Crippen MR) is 129 cm³/mol. The number of rotatable bonds is 6. The molecule has 7 nitrogen and oxygen atoms in total. The fourth-order valence-electron chi connectivity index (χ4n) is 6.32. The van der Waals surface area contributed by atoms with Crippen molar-refractivity contribution in [1.82, 2.24) is 10.2 Å². The van der Waals surface area contributed by atoms with Crippen molar-refractivity contribution in [3.05, 3.63) is 41.5 Å². The minimum absolute atomic E-state index is 0.140. The van der Waals surface area contributed by atoms with Crippen LogP contribution in [0, 0.1) is 25.7 Å². The van der Waals surface area contributed by atoms with Crippen LogP contribution >= 0.6 is 0 Å². The smallest absolute Gasteiger partial charge is 0.246 e. The van der Waals surface area contributed by atoms with Gasteiger partial charge < -0.3 is 20.3 Å². The summed E-state index contributed by atoms with van der Waals surface area (Å²) in [4.78, 5) is 42.4. The molecule has 0 radical (unpaired) electrons. The minimum Gasteiger partial charge on any atom is -0.359 e. The summed E-state index contributed by atoms with van der Waals surface area (Å²) in [6.07, 6.45) is 9.33. The average Bonchev–Trinajstić information content (AvgIpc) is 3.45. The van der Waals surface area contributed by atoms with Crippen molar-refractivity contribution in [1.29, 1.82) is 0 Å². The van der Waals surface area contributed by atoms with Gasteiger partial charge in [0, 0.05) is 18.3 Å². The molecule has 3 amide bonds. The van der Waals surface area contributed by atoms with Gasteiger partial charge in [-0.1, -0.05) is 44.4 Å². The van der Waals surface area contributed by atoms with Crippen LogP contribution < -0.4 is 10.6 Å². The largest absolute Gasteiger partial charge is 0.359 e. The summed E-state index contributed by atoms with van der Waals surface area (Å²) in [5.41, 5.74) is 1.86. The van der Waals surface area contributed by atoms with Gasteiger partial charge in [-0.05, 0) is 56.4 Å². The summed E-state index contributed by atoms with van der Waals surface area (Å²) < 4.78 is 6.37. The van der Waals surface area contributed by atoms with E-state index < -0.39 is 29.6 Å². The van der Waals surface area contributed by atoms with Gasteiger partial charge in [0.1, 0.15) is 11.6 Å². The lowest BCUT2D eigenvalue weighted by Gasteiger charge is -2.34. The summed E-state index contributed by atoms with van der Waals surface area (Å²) in [6, 6.07) is 5.18. The number of hydrogen-bond acceptors (Lipinski definition) is 4. The molecule has 1 aromatic rings. The number of amides is 3. The molecule has 5 rings (SSSR count). The molecule has 2 N–H and O–H groups in total. The van der Waals surface area contributed by atoms with Crippen LogP contribution in [0.25, 0.3) is 0 Å². The SMILES string of the molecule is CCCN1C(=O)[C@H]2[C@@H](C(=O)Nc3ccc(C)c(C)c3)[C@H]3C=C[C@@]2(O3)[C@H]1C(=O)NC1CCCCC1. The van der Waals surface area contributed by atoms with Crippen molar-refractivity contribution in [2.24, 2.45) is 11.8 Å². The molecule has 1 aromatic carbocycles. The Morgan fingerprint density at radius 1 is 1.12 bits per heavy atom. The molecular formula is C27H35N3O4. The van der Waals surface area contributed by atoms with Gasteiger partial charge in [-0.15, -0.1) is 0 Å². The van der Waals surface area contributed by atoms with E-state index in [1.165, 1.54) is 6.42 Å². The second kappa shape index (κ2) is 8.84. The minimum atomic E-state index is -1.08. The lowest BCUT2D eigenvalue weighted by Crippen LogP contribution is -2.56. The first kappa shape index (κ1) is 23.1. The summed E-state index contributed by atoms with van der Waals surface area (Å²) in [5.74, 6) is -1.90. The highest BCUT2D eigenvalue weighted by Gasteiger charge is 2.72. The van der Waals surface area contributed by atoms with Crippen LogP contribution in [0.1, 0.15) is 56.6 Å². The molecule has 5 atom stereocenters. The predicted octanol–water partition coefficient (Wildman–Crippen LogP) is 3.25. The highest BCUT2D eigenvalue weighted by atomic mass is 16.5. The maximum Gasteiger partial charge on any atom is 0.246 e. The molecule has 4 aliphatic rings. The molecule has 3 fully saturated rings. The molecule has 1 aliphatic carbocycles. The van der Waals surface area contributed by atoms with Crippen LogP contribution in [-0.4, -0.2) is 53.0 Å². The Morgan fingerprint density at radius 3 is 2.59 bits per heavy atom. The van der Waals surface area contributed by atoms with Crippen LogP contribution in [-0.2, 0) is 19.1 Å². The van der Waals surface area contributed by atoms with E-state index in [9.17, 15) is 14.4 Å². The zero-order chi connectivity index (χ0) is 24.0. The molecule has 7 heteroatoms. The van der Waals surface area contributed by atoms with Crippen LogP contribution in [0.3, 0.4) is 0 Å². The fourth-order valence-corrected chi connectivity index (χ4v) is 6.32. The lowest BCUT2D eigenvalue weighted by molar-refractivity contribution is -0.141. The summed E-state index contributed by atoms with van der Waals surface area (Å²) >= 11 is 0. The zero-order valence-corrected chi connectivity index (χ0v) is 20.3. The lowest BCUT2D eigenvalue weighted by atomic mass is 9.74. The standard InChI is InChI=1S/C27H35N3O4/c1-4-14-30-23(25(32)28-18-8-6-5-7-9-18)27-13-12-20(34-27)21(22(27)26(30)33)24(31)29-19-11-10-16(2)17(3)15-19/h10-13,15,18,20-23H,4-9,14H2,1-3H3,(H,28,32)(H,29,31)/t20-,21+,22-,23-,27+/m1/s1. The number of carbonyl (C=O) groups excluding carboxylic acids is 3. The Bertz CT molecular complexity index is 1030. The third-order valence-corrected chi connectivity index (χ3v) is 8.12. The van der Waals surface area contributed by atoms with E-state index >= 15 is 0 Å². The first-order chi connectivity index (χ1) is 16.4. The second-order valence-electron chi connectivity index (χ2n) is 10.4. The molecule has 3 aliphatic heterocycles. The highest BCUT2D eigenvalue weighted by Crippen LogP contribution is 2.55. The zero-order valence-electron chi connectivity index (χ0n) is 20.3. The van der Waals surface area contributed by atoms with E-state index in [1.54, 1.807) is 4.90 Å². The van der Waals surface area contributed by atoms with E-state index in [-0.39, 0.29) is 23.8 Å². The van der Waals surface area contributed by atoms with E-state index in [2.05, 4.69) is 10.6 Å². The molecular weight excluding hydrogens is 430 g/mol. The number of nitrogens with one attached hydrogen (secondary N) is 2. The number of likely N-dealkylation sites (tertiary alicyclic amines) is 1. The first-order valence-corrected chi connectivity index (χ1v) is 12.7. The molecule has 182 valence electrons. The maximum absolute atomic E-state index is 13.7. The topological polar surface area (TPSA) is 87.7 Å². The molecule has 0 unspecified atom stereocenters.